The van der Waals surface area contributed by atoms with Crippen LogP contribution in [0.4, 0.5) is 0 Å². The molecule has 0 fully saturated rings. The van der Waals surface area contributed by atoms with Gasteiger partial charge in [0.1, 0.15) is 18.1 Å². The van der Waals surface area contributed by atoms with E-state index in [4.69, 9.17) is 4.74 Å². The molecule has 1 heterocycles. The third-order valence-corrected chi connectivity index (χ3v) is 3.78. The minimum Gasteiger partial charge on any atom is -0.508 e. The molecular weight excluding hydrogens is 276 g/mol. The Bertz CT molecular complexity index is 453. The van der Waals surface area contributed by atoms with Gasteiger partial charge in [0.25, 0.3) is 0 Å². The maximum Gasteiger partial charge on any atom is 0.124 e. The second kappa shape index (κ2) is 4.68. The molecule has 15 heavy (non-hydrogen) atoms. The van der Waals surface area contributed by atoms with E-state index >= 15 is 0 Å². The summed E-state index contributed by atoms with van der Waals surface area (Å²) in [6, 6.07) is 8.79. The van der Waals surface area contributed by atoms with Gasteiger partial charge in [-0.2, -0.15) is 0 Å². The molecule has 78 valence electrons. The quantitative estimate of drug-likeness (QED) is 0.929. The van der Waals surface area contributed by atoms with Crippen molar-refractivity contribution in [2.24, 2.45) is 0 Å². The smallest absolute Gasteiger partial charge is 0.124 e. The van der Waals surface area contributed by atoms with Crippen molar-refractivity contribution in [2.45, 2.75) is 6.61 Å². The number of aromatic hydroxyl groups is 1. The number of benzene rings is 1. The molecule has 2 aromatic rings. The number of phenols is 1. The Labute approximate surface area is 100 Å². The fourth-order valence-corrected chi connectivity index (χ4v) is 2.53. The maximum absolute atomic E-state index is 9.24. The van der Waals surface area contributed by atoms with Gasteiger partial charge in [0.15, 0.2) is 0 Å². The standard InChI is InChI=1S/C11H9BrO2S/c12-10-4-5-15-11(10)7-14-9-3-1-2-8(13)6-9/h1-6,13H,7H2. The molecule has 0 bridgehead atoms. The molecule has 0 spiro atoms. The van der Waals surface area contributed by atoms with Crippen molar-refractivity contribution in [3.05, 3.63) is 45.1 Å². The number of ether oxygens (including phenoxy) is 1. The fourth-order valence-electron chi connectivity index (χ4n) is 1.15. The van der Waals surface area contributed by atoms with Gasteiger partial charge in [-0.25, -0.2) is 0 Å². The highest BCUT2D eigenvalue weighted by atomic mass is 79.9. The Morgan fingerprint density at radius 1 is 1.33 bits per heavy atom. The number of hydrogen-bond acceptors (Lipinski definition) is 3. The summed E-state index contributed by atoms with van der Waals surface area (Å²) >= 11 is 5.07. The minimum atomic E-state index is 0.220. The summed E-state index contributed by atoms with van der Waals surface area (Å²) in [4.78, 5) is 1.14. The van der Waals surface area contributed by atoms with Gasteiger partial charge in [0.2, 0.25) is 0 Å². The topological polar surface area (TPSA) is 29.5 Å². The van der Waals surface area contributed by atoms with Crippen LogP contribution in [0.2, 0.25) is 0 Å². The first-order chi connectivity index (χ1) is 7.25. The second-order valence-corrected chi connectivity index (χ2v) is 4.83. The summed E-state index contributed by atoms with van der Waals surface area (Å²) in [6.07, 6.45) is 0. The average molecular weight is 285 g/mol. The summed E-state index contributed by atoms with van der Waals surface area (Å²) in [7, 11) is 0. The molecule has 0 atom stereocenters. The number of phenolic OH excluding ortho intramolecular Hbond substituents is 1. The van der Waals surface area contributed by atoms with Crippen molar-refractivity contribution in [3.63, 3.8) is 0 Å². The van der Waals surface area contributed by atoms with Crippen LogP contribution in [0, 0.1) is 0 Å². The lowest BCUT2D eigenvalue weighted by atomic mass is 10.3. The summed E-state index contributed by atoms with van der Waals surface area (Å²) in [6.45, 7) is 0.516. The zero-order valence-corrected chi connectivity index (χ0v) is 10.2. The molecule has 0 amide bonds. The van der Waals surface area contributed by atoms with Crippen LogP contribution < -0.4 is 4.74 Å². The van der Waals surface area contributed by atoms with E-state index in [9.17, 15) is 5.11 Å². The number of thiophene rings is 1. The molecule has 1 aromatic heterocycles. The predicted molar refractivity (Wildman–Crippen MR) is 64.5 cm³/mol. The van der Waals surface area contributed by atoms with E-state index in [2.05, 4.69) is 15.9 Å². The van der Waals surface area contributed by atoms with Crippen LogP contribution in [0.25, 0.3) is 0 Å². The van der Waals surface area contributed by atoms with Crippen molar-refractivity contribution < 1.29 is 9.84 Å². The molecule has 1 aromatic carbocycles. The van der Waals surface area contributed by atoms with Gasteiger partial charge in [-0.15, -0.1) is 11.3 Å². The van der Waals surface area contributed by atoms with E-state index in [0.717, 1.165) is 9.35 Å². The van der Waals surface area contributed by atoms with E-state index in [0.29, 0.717) is 12.4 Å². The van der Waals surface area contributed by atoms with Gasteiger partial charge in [-0.3, -0.25) is 0 Å². The summed E-state index contributed by atoms with van der Waals surface area (Å²) in [5.74, 6) is 0.896. The van der Waals surface area contributed by atoms with E-state index in [1.165, 1.54) is 0 Å². The van der Waals surface area contributed by atoms with Crippen LogP contribution in [-0.2, 0) is 6.61 Å². The molecule has 0 saturated carbocycles. The minimum absolute atomic E-state index is 0.220. The van der Waals surface area contributed by atoms with Crippen LogP contribution in [0.1, 0.15) is 4.88 Å². The van der Waals surface area contributed by atoms with E-state index in [-0.39, 0.29) is 5.75 Å². The summed E-state index contributed by atoms with van der Waals surface area (Å²) in [5.41, 5.74) is 0. The highest BCUT2D eigenvalue weighted by molar-refractivity contribution is 9.10. The van der Waals surface area contributed by atoms with Crippen molar-refractivity contribution in [3.8, 4) is 11.5 Å². The second-order valence-electron chi connectivity index (χ2n) is 2.98. The van der Waals surface area contributed by atoms with Crippen LogP contribution in [-0.4, -0.2) is 5.11 Å². The van der Waals surface area contributed by atoms with Crippen molar-refractivity contribution in [1.82, 2.24) is 0 Å². The first kappa shape index (κ1) is 10.5. The average Bonchev–Trinajstić information content (AvgIpc) is 2.61. The van der Waals surface area contributed by atoms with Crippen molar-refractivity contribution in [2.75, 3.05) is 0 Å². The number of hydrogen-bond donors (Lipinski definition) is 1. The zero-order chi connectivity index (χ0) is 10.7. The van der Waals surface area contributed by atoms with Crippen molar-refractivity contribution in [1.29, 1.82) is 0 Å². The lowest BCUT2D eigenvalue weighted by molar-refractivity contribution is 0.307. The first-order valence-electron chi connectivity index (χ1n) is 4.39. The zero-order valence-electron chi connectivity index (χ0n) is 7.81. The fraction of sp³-hybridized carbons (Fsp3) is 0.0909. The molecule has 2 rings (SSSR count). The Balaban J connectivity index is 2.02. The normalized spacial score (nSPS) is 10.2. The molecule has 0 aliphatic carbocycles. The third-order valence-electron chi connectivity index (χ3n) is 1.88. The van der Waals surface area contributed by atoms with E-state index in [1.54, 1.807) is 29.5 Å². The van der Waals surface area contributed by atoms with Crippen LogP contribution in [0.15, 0.2) is 40.2 Å². The highest BCUT2D eigenvalue weighted by Crippen LogP contribution is 2.25. The van der Waals surface area contributed by atoms with Crippen LogP contribution in [0.5, 0.6) is 11.5 Å². The van der Waals surface area contributed by atoms with Gasteiger partial charge >= 0.3 is 0 Å². The molecule has 0 radical (unpaired) electrons. The number of halogens is 1. The Kier molecular flexibility index (Phi) is 3.28. The molecular formula is C11H9BrO2S. The Morgan fingerprint density at radius 3 is 2.87 bits per heavy atom. The lowest BCUT2D eigenvalue weighted by Crippen LogP contribution is -1.92. The molecule has 0 unspecified atom stereocenters. The van der Waals surface area contributed by atoms with Gasteiger partial charge in [0, 0.05) is 10.5 Å². The van der Waals surface area contributed by atoms with Crippen molar-refractivity contribution >= 4 is 27.3 Å². The van der Waals surface area contributed by atoms with Gasteiger partial charge in [-0.05, 0) is 39.5 Å². The van der Waals surface area contributed by atoms with Crippen LogP contribution in [0.3, 0.4) is 0 Å². The lowest BCUT2D eigenvalue weighted by Gasteiger charge is -2.05. The summed E-state index contributed by atoms with van der Waals surface area (Å²) < 4.78 is 6.60. The van der Waals surface area contributed by atoms with Crippen LogP contribution >= 0.6 is 27.3 Å². The largest absolute Gasteiger partial charge is 0.508 e. The highest BCUT2D eigenvalue weighted by Gasteiger charge is 2.02. The number of rotatable bonds is 3. The molecule has 0 saturated heterocycles. The maximum atomic E-state index is 9.24. The first-order valence-corrected chi connectivity index (χ1v) is 6.06. The molecule has 0 aliphatic rings. The molecule has 0 aliphatic heterocycles. The monoisotopic (exact) mass is 284 g/mol. The Morgan fingerprint density at radius 2 is 2.20 bits per heavy atom. The van der Waals surface area contributed by atoms with Gasteiger partial charge in [0.05, 0.1) is 4.88 Å². The molecule has 2 nitrogen and oxygen atoms in total. The predicted octanol–water partition coefficient (Wildman–Crippen LogP) is 3.80. The van der Waals surface area contributed by atoms with Gasteiger partial charge < -0.3 is 9.84 Å². The Hall–Kier alpha value is -1.00. The van der Waals surface area contributed by atoms with Gasteiger partial charge in [-0.1, -0.05) is 6.07 Å². The van der Waals surface area contributed by atoms with E-state index in [1.807, 2.05) is 17.5 Å². The van der Waals surface area contributed by atoms with E-state index < -0.39 is 0 Å². The molecule has 4 heteroatoms. The SMILES string of the molecule is Oc1cccc(OCc2sccc2Br)c1. The molecule has 1 N–H and O–H groups in total. The summed E-state index contributed by atoms with van der Waals surface area (Å²) in [5, 5.41) is 11.2. The third kappa shape index (κ3) is 2.73.